The van der Waals surface area contributed by atoms with Crippen LogP contribution in [0, 0.1) is 0 Å². The van der Waals surface area contributed by atoms with Gasteiger partial charge in [-0.25, -0.2) is 0 Å². The van der Waals surface area contributed by atoms with Crippen molar-refractivity contribution in [2.75, 3.05) is 12.3 Å². The summed E-state index contributed by atoms with van der Waals surface area (Å²) in [5.74, 6) is 0.799. The van der Waals surface area contributed by atoms with E-state index in [1.807, 2.05) is 18.2 Å². The smallest absolute Gasteiger partial charge is 0.0609 e. The summed E-state index contributed by atoms with van der Waals surface area (Å²) in [5, 5.41) is 0.109. The lowest BCUT2D eigenvalue weighted by Gasteiger charge is -2.16. The first-order valence-electron chi connectivity index (χ1n) is 6.41. The first-order chi connectivity index (χ1) is 8.29. The molecule has 0 aliphatic heterocycles. The highest BCUT2D eigenvalue weighted by atomic mass is 32.2. The van der Waals surface area contributed by atoms with Gasteiger partial charge in [0.25, 0.3) is 0 Å². The molecule has 0 bridgehead atoms. The van der Waals surface area contributed by atoms with Gasteiger partial charge in [0.2, 0.25) is 0 Å². The van der Waals surface area contributed by atoms with Gasteiger partial charge in [0.1, 0.15) is 0 Å². The zero-order chi connectivity index (χ0) is 12.5. The molecule has 0 radical (unpaired) electrons. The number of rotatable bonds is 8. The molecule has 2 unspecified atom stereocenters. The van der Waals surface area contributed by atoms with Crippen LogP contribution in [0.15, 0.2) is 30.3 Å². The van der Waals surface area contributed by atoms with Crippen LogP contribution in [0.3, 0.4) is 0 Å². The monoisotopic (exact) mass is 253 g/mol. The second-order valence-corrected chi connectivity index (χ2v) is 6.01. The molecule has 1 rings (SSSR count). The summed E-state index contributed by atoms with van der Waals surface area (Å²) in [6.07, 6.45) is 4.19. The van der Waals surface area contributed by atoms with Crippen molar-refractivity contribution in [2.45, 2.75) is 37.9 Å². The summed E-state index contributed by atoms with van der Waals surface area (Å²) >= 11 is 0. The molecular formula is C14H23NOS. The minimum atomic E-state index is -0.790. The summed E-state index contributed by atoms with van der Waals surface area (Å²) in [4.78, 5) is 0. The molecule has 0 amide bonds. The van der Waals surface area contributed by atoms with Crippen LogP contribution < -0.4 is 5.73 Å². The summed E-state index contributed by atoms with van der Waals surface area (Å²) in [6, 6.07) is 10.1. The zero-order valence-electron chi connectivity index (χ0n) is 10.6. The van der Waals surface area contributed by atoms with E-state index in [2.05, 4.69) is 19.1 Å². The Morgan fingerprint density at radius 3 is 2.53 bits per heavy atom. The molecule has 0 fully saturated rings. The molecule has 96 valence electrons. The molecule has 2 N–H and O–H groups in total. The fourth-order valence-electron chi connectivity index (χ4n) is 1.91. The molecule has 0 spiro atoms. The van der Waals surface area contributed by atoms with Crippen LogP contribution in [-0.4, -0.2) is 16.5 Å². The number of benzene rings is 1. The van der Waals surface area contributed by atoms with E-state index in [4.69, 9.17) is 5.73 Å². The lowest BCUT2D eigenvalue weighted by Crippen LogP contribution is -2.14. The van der Waals surface area contributed by atoms with Gasteiger partial charge in [-0.1, -0.05) is 50.1 Å². The highest BCUT2D eigenvalue weighted by Crippen LogP contribution is 2.23. The Kier molecular flexibility index (Phi) is 7.13. The van der Waals surface area contributed by atoms with E-state index < -0.39 is 10.8 Å². The average Bonchev–Trinajstić information content (AvgIpc) is 2.37. The van der Waals surface area contributed by atoms with Crippen LogP contribution in [0.25, 0.3) is 0 Å². The second-order valence-electron chi connectivity index (χ2n) is 4.27. The molecule has 1 aromatic carbocycles. The van der Waals surface area contributed by atoms with Crippen LogP contribution >= 0.6 is 0 Å². The molecule has 2 atom stereocenters. The third-order valence-electron chi connectivity index (χ3n) is 2.87. The van der Waals surface area contributed by atoms with Crippen LogP contribution in [0.2, 0.25) is 0 Å². The van der Waals surface area contributed by atoms with Crippen molar-refractivity contribution in [2.24, 2.45) is 5.73 Å². The first-order valence-corrected chi connectivity index (χ1v) is 7.80. The van der Waals surface area contributed by atoms with Crippen LogP contribution in [0.5, 0.6) is 0 Å². The van der Waals surface area contributed by atoms with Gasteiger partial charge in [-0.3, -0.25) is 4.21 Å². The molecule has 17 heavy (non-hydrogen) atoms. The maximum Gasteiger partial charge on any atom is 0.0609 e. The van der Waals surface area contributed by atoms with E-state index in [1.54, 1.807) is 0 Å². The molecule has 0 saturated carbocycles. The van der Waals surface area contributed by atoms with Crippen molar-refractivity contribution in [3.63, 3.8) is 0 Å². The van der Waals surface area contributed by atoms with Crippen molar-refractivity contribution in [3.05, 3.63) is 35.9 Å². The lowest BCUT2D eigenvalue weighted by atomic mass is 10.1. The van der Waals surface area contributed by atoms with Gasteiger partial charge in [-0.2, -0.15) is 0 Å². The first kappa shape index (κ1) is 14.4. The van der Waals surface area contributed by atoms with Crippen molar-refractivity contribution < 1.29 is 4.21 Å². The van der Waals surface area contributed by atoms with Gasteiger partial charge in [-0.15, -0.1) is 0 Å². The molecule has 0 heterocycles. The molecule has 0 aromatic heterocycles. The molecule has 0 saturated heterocycles. The predicted molar refractivity (Wildman–Crippen MR) is 75.4 cm³/mol. The fraction of sp³-hybridized carbons (Fsp3) is 0.571. The highest BCUT2D eigenvalue weighted by molar-refractivity contribution is 7.85. The maximum absolute atomic E-state index is 12.3. The maximum atomic E-state index is 12.3. The quantitative estimate of drug-likeness (QED) is 0.724. The average molecular weight is 253 g/mol. The van der Waals surface area contributed by atoms with Crippen LogP contribution in [-0.2, 0) is 10.8 Å². The van der Waals surface area contributed by atoms with E-state index in [9.17, 15) is 4.21 Å². The Morgan fingerprint density at radius 1 is 1.24 bits per heavy atom. The number of hydrogen-bond donors (Lipinski definition) is 1. The van der Waals surface area contributed by atoms with Crippen molar-refractivity contribution in [1.82, 2.24) is 0 Å². The lowest BCUT2D eigenvalue weighted by molar-refractivity contribution is 0.657. The van der Waals surface area contributed by atoms with Gasteiger partial charge in [0.15, 0.2) is 0 Å². The van der Waals surface area contributed by atoms with Gasteiger partial charge in [-0.05, 0) is 24.9 Å². The van der Waals surface area contributed by atoms with E-state index in [1.165, 1.54) is 6.42 Å². The Labute approximate surface area is 107 Å². The normalized spacial score (nSPS) is 14.5. The number of nitrogens with two attached hydrogens (primary N) is 1. The van der Waals surface area contributed by atoms with Crippen molar-refractivity contribution in [1.29, 1.82) is 0 Å². The fourth-order valence-corrected chi connectivity index (χ4v) is 3.54. The van der Waals surface area contributed by atoms with Crippen molar-refractivity contribution >= 4 is 10.8 Å². The third-order valence-corrected chi connectivity index (χ3v) is 4.70. The van der Waals surface area contributed by atoms with Gasteiger partial charge >= 0.3 is 0 Å². The topological polar surface area (TPSA) is 43.1 Å². The standard InChI is InChI=1S/C14H23NOS/c1-2-3-7-12-17(16)14(10-11-15)13-8-5-4-6-9-13/h4-6,8-9,14H,2-3,7,10-12,15H2,1H3. The summed E-state index contributed by atoms with van der Waals surface area (Å²) in [5.41, 5.74) is 6.78. The highest BCUT2D eigenvalue weighted by Gasteiger charge is 2.17. The van der Waals surface area contributed by atoms with E-state index in [-0.39, 0.29) is 5.25 Å². The Morgan fingerprint density at radius 2 is 1.94 bits per heavy atom. The SMILES string of the molecule is CCCCCS(=O)C(CCN)c1ccccc1. The number of unbranched alkanes of at least 4 members (excludes halogenated alkanes) is 2. The van der Waals surface area contributed by atoms with E-state index in [0.29, 0.717) is 6.54 Å². The van der Waals surface area contributed by atoms with Gasteiger partial charge in [0, 0.05) is 16.6 Å². The van der Waals surface area contributed by atoms with Crippen molar-refractivity contribution in [3.8, 4) is 0 Å². The molecule has 2 nitrogen and oxygen atoms in total. The minimum Gasteiger partial charge on any atom is -0.330 e. The van der Waals surface area contributed by atoms with Gasteiger partial charge in [0.05, 0.1) is 5.25 Å². The largest absolute Gasteiger partial charge is 0.330 e. The molecule has 1 aromatic rings. The van der Waals surface area contributed by atoms with E-state index >= 15 is 0 Å². The Balaban J connectivity index is 2.62. The molecule has 0 aliphatic rings. The third kappa shape index (κ3) is 5.00. The van der Waals surface area contributed by atoms with Crippen LogP contribution in [0.4, 0.5) is 0 Å². The Hall–Kier alpha value is -0.670. The zero-order valence-corrected chi connectivity index (χ0v) is 11.4. The summed E-state index contributed by atoms with van der Waals surface area (Å²) < 4.78 is 12.3. The molecular weight excluding hydrogens is 230 g/mol. The predicted octanol–water partition coefficient (Wildman–Crippen LogP) is 3.02. The van der Waals surface area contributed by atoms with E-state index in [0.717, 1.165) is 30.6 Å². The summed E-state index contributed by atoms with van der Waals surface area (Å²) in [6.45, 7) is 2.76. The molecule has 0 aliphatic carbocycles. The summed E-state index contributed by atoms with van der Waals surface area (Å²) in [7, 11) is -0.790. The Bertz CT molecular complexity index is 326. The second kappa shape index (κ2) is 8.43. The van der Waals surface area contributed by atoms with Crippen LogP contribution in [0.1, 0.15) is 43.4 Å². The molecule has 3 heteroatoms. The minimum absolute atomic E-state index is 0.109. The number of hydrogen-bond acceptors (Lipinski definition) is 2. The van der Waals surface area contributed by atoms with Gasteiger partial charge < -0.3 is 5.73 Å².